The van der Waals surface area contributed by atoms with Crippen LogP contribution in [-0.2, 0) is 4.79 Å². The summed E-state index contributed by atoms with van der Waals surface area (Å²) in [6.07, 6.45) is 2.25. The number of hydrogen-bond donors (Lipinski definition) is 3. The second kappa shape index (κ2) is 21.9. The van der Waals surface area contributed by atoms with Crippen molar-refractivity contribution < 1.29 is 54.7 Å². The molecule has 2 aromatic rings. The van der Waals surface area contributed by atoms with Gasteiger partial charge in [-0.1, -0.05) is 49.1 Å². The van der Waals surface area contributed by atoms with Gasteiger partial charge in [0.1, 0.15) is 6.29 Å². The molecular weight excluding hydrogens is 542 g/mol. The van der Waals surface area contributed by atoms with Gasteiger partial charge in [0, 0.05) is 20.5 Å². The van der Waals surface area contributed by atoms with E-state index in [1.807, 2.05) is 44.2 Å². The average molecular weight is 565 g/mol. The van der Waals surface area contributed by atoms with E-state index in [-0.39, 0.29) is 42.0 Å². The van der Waals surface area contributed by atoms with Gasteiger partial charge in [-0.25, -0.2) is 5.90 Å². The number of nitrogens with two attached hydrogens (primary N) is 1. The summed E-state index contributed by atoms with van der Waals surface area (Å²) in [6, 6.07) is 11.2. The van der Waals surface area contributed by atoms with Crippen LogP contribution in [0.15, 0.2) is 50.5 Å². The monoisotopic (exact) mass is 562 g/mol. The molecule has 0 aliphatic heterocycles. The van der Waals surface area contributed by atoms with Crippen molar-refractivity contribution in [3.63, 3.8) is 0 Å². The normalized spacial score (nSPS) is 8.38. The van der Waals surface area contributed by atoms with Crippen LogP contribution in [0.25, 0.3) is 0 Å². The molecule has 0 saturated carbocycles. The van der Waals surface area contributed by atoms with E-state index < -0.39 is 5.97 Å². The summed E-state index contributed by atoms with van der Waals surface area (Å²) in [5, 5.41) is 26.6. The first kappa shape index (κ1) is 35.6. The number of carbonyl (C=O) groups is 2. The van der Waals surface area contributed by atoms with Crippen molar-refractivity contribution in [2.24, 2.45) is 11.1 Å². The van der Waals surface area contributed by atoms with Crippen molar-refractivity contribution in [2.75, 3.05) is 0 Å². The minimum Gasteiger partial charge on any atom is -0.550 e. The van der Waals surface area contributed by atoms with Gasteiger partial charge in [0.25, 0.3) is 0 Å². The van der Waals surface area contributed by atoms with Crippen molar-refractivity contribution in [2.45, 2.75) is 20.8 Å². The number of aliphatic carboxylic acids is 1. The second-order valence-electron chi connectivity index (χ2n) is 4.87. The summed E-state index contributed by atoms with van der Waals surface area (Å²) in [4.78, 5) is 19.1. The van der Waals surface area contributed by atoms with Gasteiger partial charge >= 0.3 is 29.6 Å². The number of benzene rings is 2. The Morgan fingerprint density at radius 1 is 1.03 bits per heavy atom. The molecule has 0 fully saturated rings. The Kier molecular flexibility index (Phi) is 26.9. The van der Waals surface area contributed by atoms with E-state index in [0.717, 1.165) is 44.4 Å². The second-order valence-corrected chi connectivity index (χ2v) is 6.58. The first-order valence-corrected chi connectivity index (χ1v) is 8.88. The number of rotatable bonds is 2. The van der Waals surface area contributed by atoms with Gasteiger partial charge in [-0.2, -0.15) is 0 Å². The minimum absolute atomic E-state index is 0. The molecule has 29 heavy (non-hydrogen) atoms. The van der Waals surface area contributed by atoms with E-state index in [1.165, 1.54) is 6.21 Å². The zero-order valence-corrected chi connectivity index (χ0v) is 22.4. The maximum Gasteiger partial charge on any atom is 1.00 e. The average Bonchev–Trinajstić information content (AvgIpc) is 2.63. The summed E-state index contributed by atoms with van der Waals surface area (Å²) in [5.41, 5.74) is 3.83. The van der Waals surface area contributed by atoms with Gasteiger partial charge in [-0.15, -0.1) is 12.4 Å². The van der Waals surface area contributed by atoms with Crippen molar-refractivity contribution >= 4 is 62.7 Å². The molecule has 4 N–H and O–H groups in total. The van der Waals surface area contributed by atoms with Gasteiger partial charge in [-0.3, -0.25) is 4.79 Å². The molecule has 0 spiro atoms. The van der Waals surface area contributed by atoms with Gasteiger partial charge < -0.3 is 20.3 Å². The van der Waals surface area contributed by atoms with Crippen LogP contribution < -0.4 is 40.6 Å². The third kappa shape index (κ3) is 19.0. The molecule has 7 nitrogen and oxygen atoms in total. The fraction of sp³-hybridized carbons (Fsp3) is 0.167. The molecule has 156 valence electrons. The molecule has 0 aliphatic rings. The van der Waals surface area contributed by atoms with Crippen LogP contribution in [0.2, 0.25) is 0 Å². The Balaban J connectivity index is -0.000000162. The summed E-state index contributed by atoms with van der Waals surface area (Å²) in [6.45, 7) is 4.91. The molecule has 11 heteroatoms. The van der Waals surface area contributed by atoms with E-state index in [9.17, 15) is 4.79 Å². The molecule has 0 bridgehead atoms. The Hall–Kier alpha value is -0.780. The summed E-state index contributed by atoms with van der Waals surface area (Å²) >= 11 is 6.72. The first-order valence-electron chi connectivity index (χ1n) is 7.29. The molecule has 0 aromatic heterocycles. The van der Waals surface area contributed by atoms with E-state index in [4.69, 9.17) is 20.3 Å². The molecule has 2 aromatic carbocycles. The molecule has 0 radical (unpaired) electrons. The minimum atomic E-state index is -1.08. The van der Waals surface area contributed by atoms with Crippen molar-refractivity contribution in [3.8, 4) is 0 Å². The number of carbonyl (C=O) groups excluding carboxylic acids is 2. The molecular formula is C18H22Br2ClN2NaO5. The fourth-order valence-electron chi connectivity index (χ4n) is 1.56. The van der Waals surface area contributed by atoms with E-state index in [1.54, 1.807) is 6.07 Å². The molecule has 2 rings (SSSR count). The summed E-state index contributed by atoms with van der Waals surface area (Å²) < 4.78 is 2.10. The van der Waals surface area contributed by atoms with Gasteiger partial charge in [-0.05, 0) is 61.7 Å². The first-order chi connectivity index (χ1) is 12.7. The van der Waals surface area contributed by atoms with E-state index in [0.29, 0.717) is 0 Å². The third-order valence-electron chi connectivity index (χ3n) is 2.71. The standard InChI is InChI=1S/C8H8BrNO.C8H7BrO.C2H4O2.ClH.H3NO.Na/c1-6-4-7(5-10-11)2-3-8(6)9;1-6-4-7(5-10)2-3-8(6)9;1-2(3)4;;1-2;/h2-5,11H,1H3;2-5H,1H3;1H3,(H,3,4);1H;2H,1H2;/q;;;;;+1/p-1/b10-5+;;;;;. The number of aryl methyl sites for hydroxylation is 2. The Labute approximate surface area is 215 Å². The Morgan fingerprint density at radius 2 is 1.38 bits per heavy atom. The third-order valence-corrected chi connectivity index (χ3v) is 4.49. The predicted octanol–water partition coefficient (Wildman–Crippen LogP) is 0.652. The number of nitrogens with zero attached hydrogens (tertiary/aromatic N) is 1. The number of halogens is 3. The summed E-state index contributed by atoms with van der Waals surface area (Å²) in [7, 11) is 0. The van der Waals surface area contributed by atoms with Crippen LogP contribution in [0, 0.1) is 13.8 Å². The summed E-state index contributed by atoms with van der Waals surface area (Å²) in [5.74, 6) is 2.42. The Bertz CT molecular complexity index is 761. The van der Waals surface area contributed by atoms with Gasteiger partial charge in [0.05, 0.1) is 6.21 Å². The SMILES string of the molecule is CC(=O)[O-].Cc1cc(/C=N/O)ccc1Br.Cc1cc(C=O)ccc1Br.Cl.NO.[Na+]. The zero-order valence-electron chi connectivity index (χ0n) is 16.4. The molecule has 0 aliphatic carbocycles. The molecule has 0 unspecified atom stereocenters. The quantitative estimate of drug-likeness (QED) is 0.161. The molecule has 0 saturated heterocycles. The van der Waals surface area contributed by atoms with Crippen molar-refractivity contribution in [1.82, 2.24) is 0 Å². The van der Waals surface area contributed by atoms with Crippen molar-refractivity contribution in [3.05, 3.63) is 67.6 Å². The van der Waals surface area contributed by atoms with Crippen LogP contribution in [0.1, 0.15) is 34.0 Å². The number of carboxylic acids is 1. The predicted molar refractivity (Wildman–Crippen MR) is 116 cm³/mol. The Morgan fingerprint density at radius 3 is 1.69 bits per heavy atom. The van der Waals surface area contributed by atoms with Crippen LogP contribution in [-0.4, -0.2) is 28.9 Å². The van der Waals surface area contributed by atoms with E-state index in [2.05, 4.69) is 42.9 Å². The largest absolute Gasteiger partial charge is 1.00 e. The molecule has 0 atom stereocenters. The smallest absolute Gasteiger partial charge is 0.550 e. The molecule has 0 amide bonds. The van der Waals surface area contributed by atoms with Crippen LogP contribution in [0.4, 0.5) is 0 Å². The van der Waals surface area contributed by atoms with Crippen molar-refractivity contribution in [1.29, 1.82) is 0 Å². The number of aldehydes is 1. The zero-order chi connectivity index (χ0) is 21.4. The maximum atomic E-state index is 10.3. The number of hydrogen-bond acceptors (Lipinski definition) is 7. The number of carboxylic acid groups (broad SMARTS) is 1. The molecule has 0 heterocycles. The van der Waals surface area contributed by atoms with Gasteiger partial charge in [0.15, 0.2) is 0 Å². The number of oxime groups is 1. The topological polar surface area (TPSA) is 136 Å². The van der Waals surface area contributed by atoms with Gasteiger partial charge in [0.2, 0.25) is 0 Å². The maximum absolute atomic E-state index is 10.3. The van der Waals surface area contributed by atoms with E-state index >= 15 is 0 Å². The fourth-order valence-corrected chi connectivity index (χ4v) is 2.05. The van der Waals surface area contributed by atoms with Crippen LogP contribution >= 0.6 is 44.3 Å². The van der Waals surface area contributed by atoms with Crippen LogP contribution in [0.3, 0.4) is 0 Å². The van der Waals surface area contributed by atoms with Crippen LogP contribution in [0.5, 0.6) is 0 Å².